The molecule has 1 saturated heterocycles. The van der Waals surface area contributed by atoms with Gasteiger partial charge in [0.05, 0.1) is 18.6 Å². The highest BCUT2D eigenvalue weighted by molar-refractivity contribution is 9.10. The molecule has 0 spiro atoms. The molecule has 0 aromatic heterocycles. The molecule has 5 nitrogen and oxygen atoms in total. The largest absolute Gasteiger partial charge is 0.493 e. The van der Waals surface area contributed by atoms with Gasteiger partial charge >= 0.3 is 0 Å². The van der Waals surface area contributed by atoms with Crippen LogP contribution >= 0.6 is 39.3 Å². The van der Waals surface area contributed by atoms with Gasteiger partial charge in [-0.05, 0) is 47.7 Å². The van der Waals surface area contributed by atoms with Gasteiger partial charge in [-0.3, -0.25) is 14.5 Å². The van der Waals surface area contributed by atoms with E-state index in [0.717, 1.165) is 21.8 Å². The molecule has 0 unspecified atom stereocenters. The molecule has 1 aliphatic rings. The van der Waals surface area contributed by atoms with Gasteiger partial charge in [0.2, 0.25) is 0 Å². The number of amides is 2. The van der Waals surface area contributed by atoms with E-state index in [-0.39, 0.29) is 29.2 Å². The van der Waals surface area contributed by atoms with Crippen molar-refractivity contribution < 1.29 is 19.1 Å². The molecule has 3 rings (SSSR count). The second kappa shape index (κ2) is 9.40. The summed E-state index contributed by atoms with van der Waals surface area (Å²) in [6.45, 7) is 0.180. The summed E-state index contributed by atoms with van der Waals surface area (Å²) in [5.74, 6) is 2.87. The number of hydrogen-bond donors (Lipinski definition) is 0. The minimum Gasteiger partial charge on any atom is -0.493 e. The Kier molecular flexibility index (Phi) is 6.91. The number of imide groups is 1. The molecule has 0 aliphatic carbocycles. The molecule has 148 valence electrons. The van der Waals surface area contributed by atoms with E-state index in [2.05, 4.69) is 21.9 Å². The molecular formula is C21H15BrClNO4S. The van der Waals surface area contributed by atoms with Crippen LogP contribution in [0.25, 0.3) is 6.08 Å². The van der Waals surface area contributed by atoms with E-state index in [0.29, 0.717) is 22.1 Å². The molecule has 1 fully saturated rings. The predicted molar refractivity (Wildman–Crippen MR) is 118 cm³/mol. The second-order valence-corrected chi connectivity index (χ2v) is 8.26. The molecule has 1 aliphatic heterocycles. The van der Waals surface area contributed by atoms with Gasteiger partial charge in [-0.2, -0.15) is 0 Å². The number of nitrogens with zero attached hydrogens (tertiary/aromatic N) is 1. The molecule has 0 bridgehead atoms. The SMILES string of the molecule is C#CCOc1c(/C=C2\SC(=O)N(Cc3cccc(Cl)c3)C2=O)cc(Br)cc1OC. The van der Waals surface area contributed by atoms with Crippen LogP contribution in [0.5, 0.6) is 11.5 Å². The number of terminal acetylenes is 1. The molecule has 29 heavy (non-hydrogen) atoms. The second-order valence-electron chi connectivity index (χ2n) is 5.92. The number of ether oxygens (including phenoxy) is 2. The van der Waals surface area contributed by atoms with E-state index in [9.17, 15) is 9.59 Å². The lowest BCUT2D eigenvalue weighted by molar-refractivity contribution is -0.123. The molecule has 0 saturated carbocycles. The number of benzene rings is 2. The lowest BCUT2D eigenvalue weighted by atomic mass is 10.1. The molecule has 2 amide bonds. The highest BCUT2D eigenvalue weighted by Crippen LogP contribution is 2.39. The van der Waals surface area contributed by atoms with Crippen molar-refractivity contribution in [3.05, 3.63) is 61.9 Å². The van der Waals surface area contributed by atoms with Crippen molar-refractivity contribution in [2.75, 3.05) is 13.7 Å². The van der Waals surface area contributed by atoms with Crippen molar-refractivity contribution in [2.24, 2.45) is 0 Å². The maximum Gasteiger partial charge on any atom is 0.293 e. The van der Waals surface area contributed by atoms with Crippen LogP contribution in [0.4, 0.5) is 4.79 Å². The molecule has 2 aromatic carbocycles. The summed E-state index contributed by atoms with van der Waals surface area (Å²) in [6.07, 6.45) is 6.89. The molecule has 0 N–H and O–H groups in total. The standard InChI is InChI=1S/C21H15BrClNO4S/c1-3-7-28-19-14(9-15(22)11-17(19)27-2)10-18-20(25)24(21(26)29-18)12-13-5-4-6-16(23)8-13/h1,4-6,8-11H,7,12H2,2H3/b18-10-. The fourth-order valence-electron chi connectivity index (χ4n) is 2.71. The van der Waals surface area contributed by atoms with Crippen LogP contribution in [0.1, 0.15) is 11.1 Å². The van der Waals surface area contributed by atoms with Crippen molar-refractivity contribution in [1.82, 2.24) is 4.90 Å². The molecular weight excluding hydrogens is 478 g/mol. The minimum absolute atomic E-state index is 0.0368. The Bertz CT molecular complexity index is 1050. The quantitative estimate of drug-likeness (QED) is 0.401. The van der Waals surface area contributed by atoms with Crippen molar-refractivity contribution in [3.8, 4) is 23.8 Å². The summed E-state index contributed by atoms with van der Waals surface area (Å²) in [7, 11) is 1.51. The minimum atomic E-state index is -0.387. The third-order valence-electron chi connectivity index (χ3n) is 3.96. The van der Waals surface area contributed by atoms with Crippen LogP contribution in [-0.4, -0.2) is 29.8 Å². The van der Waals surface area contributed by atoms with Crippen molar-refractivity contribution >= 4 is 56.5 Å². The maximum absolute atomic E-state index is 12.8. The fraction of sp³-hybridized carbons (Fsp3) is 0.143. The number of carbonyl (C=O) groups excluding carboxylic acids is 2. The van der Waals surface area contributed by atoms with Gasteiger partial charge in [-0.15, -0.1) is 6.42 Å². The van der Waals surface area contributed by atoms with Crippen molar-refractivity contribution in [1.29, 1.82) is 0 Å². The van der Waals surface area contributed by atoms with Crippen molar-refractivity contribution in [3.63, 3.8) is 0 Å². The van der Waals surface area contributed by atoms with Gasteiger partial charge in [0.25, 0.3) is 11.1 Å². The predicted octanol–water partition coefficient (Wildman–Crippen LogP) is 5.36. The Morgan fingerprint density at radius 2 is 2.10 bits per heavy atom. The Balaban J connectivity index is 1.93. The van der Waals surface area contributed by atoms with E-state index in [1.54, 1.807) is 36.4 Å². The monoisotopic (exact) mass is 491 g/mol. The lowest BCUT2D eigenvalue weighted by Crippen LogP contribution is -2.27. The lowest BCUT2D eigenvalue weighted by Gasteiger charge is -2.13. The Morgan fingerprint density at radius 3 is 2.79 bits per heavy atom. The van der Waals surface area contributed by atoms with E-state index in [1.165, 1.54) is 12.0 Å². The third-order valence-corrected chi connectivity index (χ3v) is 5.56. The molecule has 8 heteroatoms. The molecule has 2 aromatic rings. The van der Waals surface area contributed by atoms with E-state index in [4.69, 9.17) is 27.5 Å². The smallest absolute Gasteiger partial charge is 0.293 e. The number of hydrogen-bond acceptors (Lipinski definition) is 5. The number of rotatable bonds is 6. The maximum atomic E-state index is 12.8. The molecule has 0 atom stereocenters. The Hall–Kier alpha value is -2.40. The first kappa shape index (κ1) is 21.3. The van der Waals surface area contributed by atoms with Gasteiger partial charge in [0, 0.05) is 15.1 Å². The van der Waals surface area contributed by atoms with Crippen LogP contribution in [0.2, 0.25) is 5.02 Å². The molecule has 0 radical (unpaired) electrons. The van der Waals surface area contributed by atoms with Gasteiger partial charge in [0.1, 0.15) is 6.61 Å². The Morgan fingerprint density at radius 1 is 1.31 bits per heavy atom. The van der Waals surface area contributed by atoms with E-state index >= 15 is 0 Å². The van der Waals surface area contributed by atoms with E-state index in [1.807, 2.05) is 6.07 Å². The first-order valence-electron chi connectivity index (χ1n) is 8.36. The zero-order valence-corrected chi connectivity index (χ0v) is 18.4. The van der Waals surface area contributed by atoms with Crippen LogP contribution in [0.15, 0.2) is 45.8 Å². The highest BCUT2D eigenvalue weighted by atomic mass is 79.9. The van der Waals surface area contributed by atoms with Gasteiger partial charge < -0.3 is 9.47 Å². The summed E-state index contributed by atoms with van der Waals surface area (Å²) in [5, 5.41) is 0.191. The third kappa shape index (κ3) is 4.96. The summed E-state index contributed by atoms with van der Waals surface area (Å²) < 4.78 is 11.7. The fourth-order valence-corrected chi connectivity index (χ4v) is 4.21. The van der Waals surface area contributed by atoms with Gasteiger partial charge in [-0.25, -0.2) is 0 Å². The highest BCUT2D eigenvalue weighted by Gasteiger charge is 2.35. The number of halogens is 2. The van der Waals surface area contributed by atoms with Crippen LogP contribution < -0.4 is 9.47 Å². The topological polar surface area (TPSA) is 55.8 Å². The summed E-state index contributed by atoms with van der Waals surface area (Å²) in [4.78, 5) is 26.7. The summed E-state index contributed by atoms with van der Waals surface area (Å²) >= 11 is 10.3. The van der Waals surface area contributed by atoms with Crippen LogP contribution in [-0.2, 0) is 11.3 Å². The zero-order valence-electron chi connectivity index (χ0n) is 15.3. The number of carbonyl (C=O) groups is 2. The molecule has 1 heterocycles. The van der Waals surface area contributed by atoms with Gasteiger partial charge in [-0.1, -0.05) is 45.6 Å². The van der Waals surface area contributed by atoms with Crippen molar-refractivity contribution in [2.45, 2.75) is 6.54 Å². The first-order valence-corrected chi connectivity index (χ1v) is 10.3. The summed E-state index contributed by atoms with van der Waals surface area (Å²) in [5.41, 5.74) is 1.34. The van der Waals surface area contributed by atoms with E-state index < -0.39 is 0 Å². The zero-order chi connectivity index (χ0) is 21.0. The first-order chi connectivity index (χ1) is 13.9. The van der Waals surface area contributed by atoms with Crippen LogP contribution in [0.3, 0.4) is 0 Å². The van der Waals surface area contributed by atoms with Crippen LogP contribution in [0, 0.1) is 12.3 Å². The number of thioether (sulfide) groups is 1. The normalized spacial score (nSPS) is 15.0. The average Bonchev–Trinajstić information content (AvgIpc) is 2.94. The number of methoxy groups -OCH3 is 1. The average molecular weight is 493 g/mol. The Labute approximate surface area is 186 Å². The summed E-state index contributed by atoms with van der Waals surface area (Å²) in [6, 6.07) is 10.5. The van der Waals surface area contributed by atoms with Gasteiger partial charge in [0.15, 0.2) is 11.5 Å².